The topological polar surface area (TPSA) is 3.24 Å². The molecule has 2 rings (SSSR count). The van der Waals surface area contributed by atoms with Gasteiger partial charge in [-0.05, 0) is 24.0 Å². The number of rotatable bonds is 1. The lowest BCUT2D eigenvalue weighted by molar-refractivity contribution is 0.361. The molecule has 1 aromatic rings. The third-order valence-corrected chi connectivity index (χ3v) is 3.89. The molecule has 0 spiro atoms. The highest BCUT2D eigenvalue weighted by atomic mass is 127. The minimum Gasteiger partial charge on any atom is -0.240 e. The van der Waals surface area contributed by atoms with Crippen molar-refractivity contribution in [1.29, 1.82) is 0 Å². The van der Waals surface area contributed by atoms with E-state index in [0.717, 1.165) is 0 Å². The number of fused-ring (bicyclic) bond motifs is 1. The Balaban J connectivity index is 2.39. The molecule has 0 bridgehead atoms. The predicted molar refractivity (Wildman–Crippen MR) is 63.9 cm³/mol. The maximum Gasteiger partial charge on any atom is 0.0443 e. The SMILES string of the molecule is CC[C@H]1c2ccccc2CCN1I. The highest BCUT2D eigenvalue weighted by Crippen LogP contribution is 2.33. The van der Waals surface area contributed by atoms with E-state index >= 15 is 0 Å². The smallest absolute Gasteiger partial charge is 0.0443 e. The average Bonchev–Trinajstić information content (AvgIpc) is 2.18. The summed E-state index contributed by atoms with van der Waals surface area (Å²) in [7, 11) is 0. The van der Waals surface area contributed by atoms with E-state index in [1.54, 1.807) is 5.56 Å². The predicted octanol–water partition coefficient (Wildman–Crippen LogP) is 3.35. The highest BCUT2D eigenvalue weighted by Gasteiger charge is 2.23. The van der Waals surface area contributed by atoms with Crippen LogP contribution in [0, 0.1) is 0 Å². The zero-order chi connectivity index (χ0) is 9.26. The van der Waals surface area contributed by atoms with Gasteiger partial charge >= 0.3 is 0 Å². The van der Waals surface area contributed by atoms with E-state index in [0.29, 0.717) is 6.04 Å². The Morgan fingerprint density at radius 2 is 2.23 bits per heavy atom. The van der Waals surface area contributed by atoms with Crippen molar-refractivity contribution in [3.8, 4) is 0 Å². The van der Waals surface area contributed by atoms with Crippen molar-refractivity contribution in [2.24, 2.45) is 0 Å². The summed E-state index contributed by atoms with van der Waals surface area (Å²) >= 11 is 2.45. The van der Waals surface area contributed by atoms with Gasteiger partial charge in [-0.1, -0.05) is 31.2 Å². The Hall–Kier alpha value is -0.0900. The summed E-state index contributed by atoms with van der Waals surface area (Å²) in [5, 5.41) is 0. The number of nitrogens with zero attached hydrogens (tertiary/aromatic N) is 1. The first-order valence-electron chi connectivity index (χ1n) is 4.83. The fraction of sp³-hybridized carbons (Fsp3) is 0.455. The largest absolute Gasteiger partial charge is 0.240 e. The third-order valence-electron chi connectivity index (χ3n) is 2.73. The molecular formula is C11H14IN. The van der Waals surface area contributed by atoms with E-state index < -0.39 is 0 Å². The Morgan fingerprint density at radius 1 is 1.46 bits per heavy atom. The van der Waals surface area contributed by atoms with E-state index in [1.165, 1.54) is 24.9 Å². The molecule has 0 saturated carbocycles. The van der Waals surface area contributed by atoms with Crippen molar-refractivity contribution in [1.82, 2.24) is 3.11 Å². The van der Waals surface area contributed by atoms with Crippen molar-refractivity contribution in [2.45, 2.75) is 25.8 Å². The van der Waals surface area contributed by atoms with Crippen LogP contribution in [0.4, 0.5) is 0 Å². The van der Waals surface area contributed by atoms with Gasteiger partial charge in [0.05, 0.1) is 0 Å². The zero-order valence-corrected chi connectivity index (χ0v) is 9.99. The highest BCUT2D eigenvalue weighted by molar-refractivity contribution is 14.1. The van der Waals surface area contributed by atoms with Crippen molar-refractivity contribution in [3.05, 3.63) is 35.4 Å². The molecule has 0 aliphatic carbocycles. The second-order valence-corrected chi connectivity index (χ2v) is 4.74. The molecule has 1 aliphatic heterocycles. The van der Waals surface area contributed by atoms with Gasteiger partial charge in [0.15, 0.2) is 0 Å². The van der Waals surface area contributed by atoms with Gasteiger partial charge in [0.2, 0.25) is 0 Å². The summed E-state index contributed by atoms with van der Waals surface area (Å²) in [4.78, 5) is 0. The summed E-state index contributed by atoms with van der Waals surface area (Å²) in [5.41, 5.74) is 3.08. The van der Waals surface area contributed by atoms with Gasteiger partial charge in [0, 0.05) is 35.5 Å². The van der Waals surface area contributed by atoms with E-state index in [-0.39, 0.29) is 0 Å². The lowest BCUT2D eigenvalue weighted by atomic mass is 9.93. The zero-order valence-electron chi connectivity index (χ0n) is 7.83. The van der Waals surface area contributed by atoms with Gasteiger partial charge in [-0.2, -0.15) is 0 Å². The van der Waals surface area contributed by atoms with Gasteiger partial charge in [-0.3, -0.25) is 0 Å². The lowest BCUT2D eigenvalue weighted by Gasteiger charge is -2.32. The van der Waals surface area contributed by atoms with Crippen LogP contribution in [0.25, 0.3) is 0 Å². The van der Waals surface area contributed by atoms with Gasteiger partial charge in [-0.25, -0.2) is 3.11 Å². The summed E-state index contributed by atoms with van der Waals surface area (Å²) in [5.74, 6) is 0. The van der Waals surface area contributed by atoms with Gasteiger partial charge in [-0.15, -0.1) is 0 Å². The third kappa shape index (κ3) is 1.74. The molecule has 0 N–H and O–H groups in total. The van der Waals surface area contributed by atoms with E-state index in [4.69, 9.17) is 0 Å². The van der Waals surface area contributed by atoms with Crippen molar-refractivity contribution < 1.29 is 0 Å². The van der Waals surface area contributed by atoms with Crippen LogP contribution in [0.2, 0.25) is 0 Å². The summed E-state index contributed by atoms with van der Waals surface area (Å²) in [6.45, 7) is 3.45. The van der Waals surface area contributed by atoms with Crippen molar-refractivity contribution >= 4 is 22.9 Å². The average molecular weight is 287 g/mol. The minimum absolute atomic E-state index is 0.630. The van der Waals surface area contributed by atoms with Crippen molar-refractivity contribution in [3.63, 3.8) is 0 Å². The molecule has 1 aromatic carbocycles. The Morgan fingerprint density at radius 3 is 3.00 bits per heavy atom. The Labute approximate surface area is 93.6 Å². The maximum absolute atomic E-state index is 2.45. The van der Waals surface area contributed by atoms with E-state index in [9.17, 15) is 0 Å². The van der Waals surface area contributed by atoms with Crippen LogP contribution in [0.15, 0.2) is 24.3 Å². The molecular weight excluding hydrogens is 273 g/mol. The van der Waals surface area contributed by atoms with Crippen LogP contribution < -0.4 is 0 Å². The van der Waals surface area contributed by atoms with E-state index in [2.05, 4.69) is 57.2 Å². The number of halogens is 1. The first-order chi connectivity index (χ1) is 6.33. The number of hydrogen-bond acceptors (Lipinski definition) is 1. The fourth-order valence-electron chi connectivity index (χ4n) is 2.04. The summed E-state index contributed by atoms with van der Waals surface area (Å²) < 4.78 is 2.43. The van der Waals surface area contributed by atoms with E-state index in [1.807, 2.05) is 0 Å². The number of hydrogen-bond donors (Lipinski definition) is 0. The molecule has 0 aromatic heterocycles. The first kappa shape index (κ1) is 9.46. The quantitative estimate of drug-likeness (QED) is 0.565. The minimum atomic E-state index is 0.630. The molecule has 0 saturated heterocycles. The molecule has 1 atom stereocenters. The number of benzene rings is 1. The van der Waals surface area contributed by atoms with Crippen LogP contribution in [-0.4, -0.2) is 9.66 Å². The fourth-order valence-corrected chi connectivity index (χ4v) is 2.97. The molecule has 0 fully saturated rings. The molecule has 13 heavy (non-hydrogen) atoms. The normalized spacial score (nSPS) is 22.8. The second kappa shape index (κ2) is 3.96. The monoisotopic (exact) mass is 287 g/mol. The molecule has 0 radical (unpaired) electrons. The molecule has 70 valence electrons. The molecule has 1 aliphatic rings. The van der Waals surface area contributed by atoms with Crippen LogP contribution in [0.3, 0.4) is 0 Å². The van der Waals surface area contributed by atoms with Crippen LogP contribution in [0.1, 0.15) is 30.5 Å². The Bertz CT molecular complexity index is 298. The molecule has 1 heterocycles. The lowest BCUT2D eigenvalue weighted by Crippen LogP contribution is -2.27. The summed E-state index contributed by atoms with van der Waals surface area (Å²) in [6.07, 6.45) is 2.41. The van der Waals surface area contributed by atoms with Crippen LogP contribution >= 0.6 is 22.9 Å². The van der Waals surface area contributed by atoms with Gasteiger partial charge < -0.3 is 0 Å². The van der Waals surface area contributed by atoms with Crippen LogP contribution in [0.5, 0.6) is 0 Å². The summed E-state index contributed by atoms with van der Waals surface area (Å²) in [6, 6.07) is 9.47. The first-order valence-corrected chi connectivity index (χ1v) is 5.79. The van der Waals surface area contributed by atoms with Crippen LogP contribution in [-0.2, 0) is 6.42 Å². The van der Waals surface area contributed by atoms with Gasteiger partial charge in [0.1, 0.15) is 0 Å². The molecule has 1 nitrogen and oxygen atoms in total. The van der Waals surface area contributed by atoms with Gasteiger partial charge in [0.25, 0.3) is 0 Å². The maximum atomic E-state index is 2.45. The molecule has 0 unspecified atom stereocenters. The molecule has 2 heteroatoms. The Kier molecular flexibility index (Phi) is 2.89. The second-order valence-electron chi connectivity index (χ2n) is 3.50. The molecule has 0 amide bonds. The van der Waals surface area contributed by atoms with Crippen molar-refractivity contribution in [2.75, 3.05) is 6.54 Å². The standard InChI is InChI=1S/C11H14IN/c1-2-11-10-6-4-3-5-9(10)7-8-13(11)12/h3-6,11H,2,7-8H2,1H3/t11-/m0/s1.